The van der Waals surface area contributed by atoms with Crippen molar-refractivity contribution >= 4 is 10.9 Å². The van der Waals surface area contributed by atoms with E-state index in [4.69, 9.17) is 0 Å². The number of aromatic amines is 1. The van der Waals surface area contributed by atoms with Gasteiger partial charge in [-0.3, -0.25) is 5.10 Å². The number of hydrogen-bond donors (Lipinski definition) is 1. The number of fused-ring (bicyclic) bond motifs is 1. The highest BCUT2D eigenvalue weighted by Crippen LogP contribution is 2.29. The molecule has 3 rings (SSSR count). The van der Waals surface area contributed by atoms with Crippen LogP contribution in [0.5, 0.6) is 0 Å². The molecular weight excluding hydrogens is 198 g/mol. The topological polar surface area (TPSA) is 33.6 Å². The molecule has 0 saturated heterocycles. The van der Waals surface area contributed by atoms with Crippen LogP contribution >= 0.6 is 0 Å². The van der Waals surface area contributed by atoms with E-state index in [0.29, 0.717) is 0 Å². The van der Waals surface area contributed by atoms with E-state index in [-0.39, 0.29) is 0 Å². The first-order valence-corrected chi connectivity index (χ1v) is 5.30. The molecule has 0 aliphatic rings. The summed E-state index contributed by atoms with van der Waals surface area (Å²) in [5.41, 5.74) is 4.90. The molecule has 0 spiro atoms. The Labute approximate surface area is 93.7 Å². The Morgan fingerprint density at radius 2 is 2.19 bits per heavy atom. The van der Waals surface area contributed by atoms with Crippen LogP contribution in [0.25, 0.3) is 22.0 Å². The van der Waals surface area contributed by atoms with Gasteiger partial charge in [-0.15, -0.1) is 0 Å². The minimum Gasteiger partial charge on any atom is -0.350 e. The van der Waals surface area contributed by atoms with E-state index in [0.717, 1.165) is 5.56 Å². The van der Waals surface area contributed by atoms with E-state index in [9.17, 15) is 0 Å². The van der Waals surface area contributed by atoms with Gasteiger partial charge in [-0.1, -0.05) is 11.6 Å². The molecule has 3 aromatic rings. The normalized spacial score (nSPS) is 11.1. The van der Waals surface area contributed by atoms with Gasteiger partial charge in [-0.05, 0) is 19.1 Å². The van der Waals surface area contributed by atoms with Gasteiger partial charge in [-0.25, -0.2) is 0 Å². The summed E-state index contributed by atoms with van der Waals surface area (Å²) in [5, 5.41) is 8.14. The lowest BCUT2D eigenvalue weighted by molar-refractivity contribution is 0.970. The van der Waals surface area contributed by atoms with Gasteiger partial charge in [0.05, 0.1) is 6.20 Å². The molecule has 16 heavy (non-hydrogen) atoms. The van der Waals surface area contributed by atoms with Crippen LogP contribution in [0, 0.1) is 6.92 Å². The highest BCUT2D eigenvalue weighted by molar-refractivity contribution is 5.96. The van der Waals surface area contributed by atoms with Gasteiger partial charge in [0.25, 0.3) is 0 Å². The Bertz CT molecular complexity index is 633. The highest BCUT2D eigenvalue weighted by Gasteiger charge is 2.08. The van der Waals surface area contributed by atoms with E-state index in [1.807, 2.05) is 12.4 Å². The molecule has 0 atom stereocenters. The monoisotopic (exact) mass is 211 g/mol. The van der Waals surface area contributed by atoms with Gasteiger partial charge in [0.1, 0.15) is 0 Å². The average Bonchev–Trinajstić information content (AvgIpc) is 2.86. The molecule has 3 heteroatoms. The molecule has 1 aromatic carbocycles. The van der Waals surface area contributed by atoms with Gasteiger partial charge in [0, 0.05) is 41.5 Å². The average molecular weight is 211 g/mol. The van der Waals surface area contributed by atoms with E-state index in [1.165, 1.54) is 22.0 Å². The van der Waals surface area contributed by atoms with Gasteiger partial charge in [-0.2, -0.15) is 5.10 Å². The fourth-order valence-corrected chi connectivity index (χ4v) is 2.13. The van der Waals surface area contributed by atoms with Crippen LogP contribution in [0.3, 0.4) is 0 Å². The maximum atomic E-state index is 4.00. The zero-order chi connectivity index (χ0) is 11.1. The Balaban J connectivity index is 2.37. The highest BCUT2D eigenvalue weighted by atomic mass is 15.1. The largest absolute Gasteiger partial charge is 0.350 e. The van der Waals surface area contributed by atoms with Gasteiger partial charge in [0.15, 0.2) is 0 Å². The molecule has 0 fully saturated rings. The van der Waals surface area contributed by atoms with Crippen molar-refractivity contribution in [1.29, 1.82) is 0 Å². The third-order valence-corrected chi connectivity index (χ3v) is 2.95. The fourth-order valence-electron chi connectivity index (χ4n) is 2.13. The predicted octanol–water partition coefficient (Wildman–Crippen LogP) is 2.88. The summed E-state index contributed by atoms with van der Waals surface area (Å²) >= 11 is 0. The Morgan fingerprint density at radius 1 is 1.31 bits per heavy atom. The SMILES string of the molecule is Cc1ccc2c(c1)c(-c1cn[nH]c1)cn2C. The van der Waals surface area contributed by atoms with Crippen molar-refractivity contribution in [3.05, 3.63) is 42.4 Å². The fraction of sp³-hybridized carbons (Fsp3) is 0.154. The van der Waals surface area contributed by atoms with Crippen molar-refractivity contribution in [2.24, 2.45) is 7.05 Å². The number of aromatic nitrogens is 3. The quantitative estimate of drug-likeness (QED) is 0.659. The van der Waals surface area contributed by atoms with Crippen LogP contribution in [0.2, 0.25) is 0 Å². The van der Waals surface area contributed by atoms with Crippen LogP contribution in [-0.4, -0.2) is 14.8 Å². The van der Waals surface area contributed by atoms with Crippen molar-refractivity contribution in [1.82, 2.24) is 14.8 Å². The van der Waals surface area contributed by atoms with Crippen LogP contribution in [0.15, 0.2) is 36.8 Å². The third kappa shape index (κ3) is 1.25. The molecule has 0 unspecified atom stereocenters. The number of nitrogens with one attached hydrogen (secondary N) is 1. The van der Waals surface area contributed by atoms with Crippen molar-refractivity contribution in [2.75, 3.05) is 0 Å². The van der Waals surface area contributed by atoms with Crippen LogP contribution < -0.4 is 0 Å². The molecule has 0 amide bonds. The Morgan fingerprint density at radius 3 is 2.94 bits per heavy atom. The molecule has 2 heterocycles. The molecule has 2 aromatic heterocycles. The number of rotatable bonds is 1. The lowest BCUT2D eigenvalue weighted by atomic mass is 10.1. The van der Waals surface area contributed by atoms with E-state index in [1.54, 1.807) is 0 Å². The number of hydrogen-bond acceptors (Lipinski definition) is 1. The first-order chi connectivity index (χ1) is 7.75. The molecule has 0 radical (unpaired) electrons. The molecule has 0 aliphatic heterocycles. The maximum absolute atomic E-state index is 4.00. The van der Waals surface area contributed by atoms with Crippen molar-refractivity contribution < 1.29 is 0 Å². The molecule has 0 bridgehead atoms. The number of benzene rings is 1. The van der Waals surface area contributed by atoms with Crippen molar-refractivity contribution in [3.8, 4) is 11.1 Å². The second kappa shape index (κ2) is 3.23. The second-order valence-electron chi connectivity index (χ2n) is 4.16. The second-order valence-corrected chi connectivity index (χ2v) is 4.16. The maximum Gasteiger partial charge on any atom is 0.0566 e. The summed E-state index contributed by atoms with van der Waals surface area (Å²) in [7, 11) is 2.07. The molecule has 80 valence electrons. The van der Waals surface area contributed by atoms with Gasteiger partial charge in [0.2, 0.25) is 0 Å². The summed E-state index contributed by atoms with van der Waals surface area (Å²) in [6.07, 6.45) is 5.93. The van der Waals surface area contributed by atoms with Gasteiger partial charge < -0.3 is 4.57 Å². The Kier molecular flexibility index (Phi) is 1.86. The number of H-pyrrole nitrogens is 1. The lowest BCUT2D eigenvalue weighted by Crippen LogP contribution is -1.82. The smallest absolute Gasteiger partial charge is 0.0566 e. The van der Waals surface area contributed by atoms with Crippen molar-refractivity contribution in [2.45, 2.75) is 6.92 Å². The predicted molar refractivity (Wildman–Crippen MR) is 65.2 cm³/mol. The zero-order valence-electron chi connectivity index (χ0n) is 9.36. The molecule has 0 aliphatic carbocycles. The van der Waals surface area contributed by atoms with E-state index in [2.05, 4.69) is 53.1 Å². The molecule has 3 nitrogen and oxygen atoms in total. The minimum absolute atomic E-state index is 1.14. The van der Waals surface area contributed by atoms with Crippen LogP contribution in [0.1, 0.15) is 5.56 Å². The Hall–Kier alpha value is -2.03. The number of aryl methyl sites for hydroxylation is 2. The zero-order valence-corrected chi connectivity index (χ0v) is 9.36. The molecule has 0 saturated carbocycles. The standard InChI is InChI=1S/C13H13N3/c1-9-3-4-13-11(5-9)12(8-16(13)2)10-6-14-15-7-10/h3-8H,1-2H3,(H,14,15). The van der Waals surface area contributed by atoms with E-state index < -0.39 is 0 Å². The van der Waals surface area contributed by atoms with Crippen molar-refractivity contribution in [3.63, 3.8) is 0 Å². The van der Waals surface area contributed by atoms with E-state index >= 15 is 0 Å². The first kappa shape index (κ1) is 9.21. The van der Waals surface area contributed by atoms with Gasteiger partial charge >= 0.3 is 0 Å². The summed E-state index contributed by atoms with van der Waals surface area (Å²) in [6, 6.07) is 6.52. The molecule has 1 N–H and O–H groups in total. The molecular formula is C13H13N3. The minimum atomic E-state index is 1.14. The lowest BCUT2D eigenvalue weighted by Gasteiger charge is -1.97. The summed E-state index contributed by atoms with van der Waals surface area (Å²) < 4.78 is 2.15. The van der Waals surface area contributed by atoms with Crippen LogP contribution in [0.4, 0.5) is 0 Å². The van der Waals surface area contributed by atoms with Crippen LogP contribution in [-0.2, 0) is 7.05 Å². The first-order valence-electron chi connectivity index (χ1n) is 5.30. The third-order valence-electron chi connectivity index (χ3n) is 2.95. The summed E-state index contributed by atoms with van der Waals surface area (Å²) in [6.45, 7) is 2.12. The summed E-state index contributed by atoms with van der Waals surface area (Å²) in [5.74, 6) is 0. The number of nitrogens with zero attached hydrogens (tertiary/aromatic N) is 2. The summed E-state index contributed by atoms with van der Waals surface area (Å²) in [4.78, 5) is 0.